The topological polar surface area (TPSA) is 66.8 Å². The predicted molar refractivity (Wildman–Crippen MR) is 91.8 cm³/mol. The minimum absolute atomic E-state index is 0.117. The van der Waals surface area contributed by atoms with E-state index in [-0.39, 0.29) is 12.4 Å². The van der Waals surface area contributed by atoms with Crippen molar-refractivity contribution in [2.45, 2.75) is 38.5 Å². The summed E-state index contributed by atoms with van der Waals surface area (Å²) in [6.07, 6.45) is 4.37. The van der Waals surface area contributed by atoms with E-state index in [4.69, 9.17) is 9.84 Å². The summed E-state index contributed by atoms with van der Waals surface area (Å²) in [6.45, 7) is 2.07. The van der Waals surface area contributed by atoms with E-state index in [0.29, 0.717) is 6.54 Å². The van der Waals surface area contributed by atoms with Crippen LogP contribution < -0.4 is 0 Å². The number of carboxylic acid groups (broad SMARTS) is 1. The van der Waals surface area contributed by atoms with Crippen molar-refractivity contribution in [2.75, 3.05) is 26.7 Å². The van der Waals surface area contributed by atoms with Crippen molar-refractivity contribution in [2.24, 2.45) is 5.41 Å². The van der Waals surface area contributed by atoms with Crippen LogP contribution in [0.3, 0.4) is 0 Å². The molecule has 0 aromatic heterocycles. The first-order valence-electron chi connectivity index (χ1n) is 8.62. The Bertz CT molecular complexity index is 536. The van der Waals surface area contributed by atoms with Crippen molar-refractivity contribution in [3.05, 3.63) is 35.9 Å². The summed E-state index contributed by atoms with van der Waals surface area (Å²) < 4.78 is 5.08. The summed E-state index contributed by atoms with van der Waals surface area (Å²) in [5.41, 5.74) is 0.875. The largest absolute Gasteiger partial charge is 0.481 e. The molecular formula is C19H27NO4. The first-order valence-corrected chi connectivity index (χ1v) is 8.62. The lowest BCUT2D eigenvalue weighted by atomic mass is 9.74. The van der Waals surface area contributed by atoms with Gasteiger partial charge in [0.1, 0.15) is 0 Å². The number of aliphatic carboxylic acids is 1. The van der Waals surface area contributed by atoms with Crippen LogP contribution in [0.15, 0.2) is 30.3 Å². The van der Waals surface area contributed by atoms with Gasteiger partial charge in [-0.2, -0.15) is 0 Å². The number of rotatable bonds is 8. The Morgan fingerprint density at radius 2 is 1.88 bits per heavy atom. The van der Waals surface area contributed by atoms with Crippen LogP contribution in [-0.4, -0.2) is 48.7 Å². The van der Waals surface area contributed by atoms with Crippen molar-refractivity contribution in [3.63, 3.8) is 0 Å². The fourth-order valence-electron chi connectivity index (χ4n) is 3.51. The minimum atomic E-state index is -0.775. The average Bonchev–Trinajstić information content (AvgIpc) is 2.61. The molecule has 0 unspecified atom stereocenters. The van der Waals surface area contributed by atoms with Crippen LogP contribution in [0, 0.1) is 5.41 Å². The van der Waals surface area contributed by atoms with E-state index in [1.165, 1.54) is 12.7 Å². The first-order chi connectivity index (χ1) is 11.6. The second kappa shape index (κ2) is 8.83. The number of aryl methyl sites for hydroxylation is 1. The van der Waals surface area contributed by atoms with Gasteiger partial charge in [-0.25, -0.2) is 0 Å². The molecule has 1 aromatic carbocycles. The summed E-state index contributed by atoms with van der Waals surface area (Å²) in [5, 5.41) is 8.80. The summed E-state index contributed by atoms with van der Waals surface area (Å²) in [7, 11) is 1.46. The second-order valence-electron chi connectivity index (χ2n) is 6.60. The van der Waals surface area contributed by atoms with Crippen molar-refractivity contribution >= 4 is 11.9 Å². The molecule has 132 valence electrons. The number of nitrogens with zero attached hydrogens (tertiary/aromatic N) is 1. The SMILES string of the molecule is COC(=O)C1(CCCc2ccccc2)CCN(CCC(=O)O)CC1. The number of piperidine rings is 1. The molecule has 0 radical (unpaired) electrons. The Morgan fingerprint density at radius 3 is 2.46 bits per heavy atom. The van der Waals surface area contributed by atoms with Crippen molar-refractivity contribution in [1.29, 1.82) is 0 Å². The van der Waals surface area contributed by atoms with Gasteiger partial charge < -0.3 is 14.7 Å². The Hall–Kier alpha value is -1.88. The standard InChI is InChI=1S/C19H27NO4/c1-24-18(23)19(10-5-8-16-6-3-2-4-7-16)11-14-20(15-12-19)13-9-17(21)22/h2-4,6-7H,5,8-15H2,1H3,(H,21,22). The number of benzene rings is 1. The van der Waals surface area contributed by atoms with E-state index >= 15 is 0 Å². The van der Waals surface area contributed by atoms with Crippen LogP contribution in [0.1, 0.15) is 37.7 Å². The fourth-order valence-corrected chi connectivity index (χ4v) is 3.51. The van der Waals surface area contributed by atoms with Crippen molar-refractivity contribution in [1.82, 2.24) is 4.90 Å². The van der Waals surface area contributed by atoms with Crippen LogP contribution in [0.5, 0.6) is 0 Å². The molecule has 1 aliphatic heterocycles. The number of hydrogen-bond donors (Lipinski definition) is 1. The first kappa shape index (κ1) is 18.5. The highest BCUT2D eigenvalue weighted by molar-refractivity contribution is 5.76. The maximum atomic E-state index is 12.4. The molecule has 5 heteroatoms. The quantitative estimate of drug-likeness (QED) is 0.741. The van der Waals surface area contributed by atoms with Gasteiger partial charge in [-0.15, -0.1) is 0 Å². The van der Waals surface area contributed by atoms with Gasteiger partial charge in [-0.1, -0.05) is 30.3 Å². The highest BCUT2D eigenvalue weighted by Gasteiger charge is 2.41. The average molecular weight is 333 g/mol. The lowest BCUT2D eigenvalue weighted by Crippen LogP contribution is -2.45. The van der Waals surface area contributed by atoms with Crippen LogP contribution >= 0.6 is 0 Å². The van der Waals surface area contributed by atoms with Crippen molar-refractivity contribution in [3.8, 4) is 0 Å². The van der Waals surface area contributed by atoms with Gasteiger partial charge in [0.2, 0.25) is 0 Å². The highest BCUT2D eigenvalue weighted by Crippen LogP contribution is 2.38. The summed E-state index contributed by atoms with van der Waals surface area (Å²) in [4.78, 5) is 25.2. The second-order valence-corrected chi connectivity index (χ2v) is 6.60. The third kappa shape index (κ3) is 5.06. The van der Waals surface area contributed by atoms with Gasteiger partial charge in [0.25, 0.3) is 0 Å². The van der Waals surface area contributed by atoms with Gasteiger partial charge in [-0.3, -0.25) is 9.59 Å². The van der Waals surface area contributed by atoms with Gasteiger partial charge in [0.15, 0.2) is 0 Å². The smallest absolute Gasteiger partial charge is 0.311 e. The van der Waals surface area contributed by atoms with Crippen LogP contribution in [0.25, 0.3) is 0 Å². The maximum absolute atomic E-state index is 12.4. The highest BCUT2D eigenvalue weighted by atomic mass is 16.5. The Kier molecular flexibility index (Phi) is 6.79. The molecule has 1 heterocycles. The molecule has 2 rings (SSSR count). The zero-order valence-corrected chi connectivity index (χ0v) is 14.4. The molecule has 24 heavy (non-hydrogen) atoms. The monoisotopic (exact) mass is 333 g/mol. The lowest BCUT2D eigenvalue weighted by molar-refractivity contribution is -0.157. The Morgan fingerprint density at radius 1 is 1.21 bits per heavy atom. The van der Waals surface area contributed by atoms with Gasteiger partial charge >= 0.3 is 11.9 Å². The number of carboxylic acids is 1. The van der Waals surface area contributed by atoms with E-state index in [1.54, 1.807) is 0 Å². The van der Waals surface area contributed by atoms with Crippen molar-refractivity contribution < 1.29 is 19.4 Å². The summed E-state index contributed by atoms with van der Waals surface area (Å²) in [5.74, 6) is -0.892. The molecular weight excluding hydrogens is 306 g/mol. The Labute approximate surface area is 143 Å². The number of hydrogen-bond acceptors (Lipinski definition) is 4. The molecule has 1 fully saturated rings. The molecule has 0 aliphatic carbocycles. The molecule has 0 bridgehead atoms. The molecule has 1 aromatic rings. The van der Waals surface area contributed by atoms with Gasteiger partial charge in [-0.05, 0) is 50.8 Å². The fraction of sp³-hybridized carbons (Fsp3) is 0.579. The third-order valence-corrected chi connectivity index (χ3v) is 5.04. The predicted octanol–water partition coefficient (Wildman–Crippen LogP) is 2.74. The number of likely N-dealkylation sites (tertiary alicyclic amines) is 1. The van der Waals surface area contributed by atoms with E-state index < -0.39 is 11.4 Å². The van der Waals surface area contributed by atoms with E-state index in [2.05, 4.69) is 17.0 Å². The number of esters is 1. The van der Waals surface area contributed by atoms with E-state index in [0.717, 1.165) is 45.2 Å². The minimum Gasteiger partial charge on any atom is -0.481 e. The molecule has 1 aliphatic rings. The molecule has 0 amide bonds. The zero-order chi connectivity index (χ0) is 17.4. The van der Waals surface area contributed by atoms with E-state index in [9.17, 15) is 9.59 Å². The molecule has 1 N–H and O–H groups in total. The summed E-state index contributed by atoms with van der Waals surface area (Å²) >= 11 is 0. The molecule has 5 nitrogen and oxygen atoms in total. The summed E-state index contributed by atoms with van der Waals surface area (Å²) in [6, 6.07) is 10.3. The maximum Gasteiger partial charge on any atom is 0.311 e. The Balaban J connectivity index is 1.88. The number of ether oxygens (including phenoxy) is 1. The number of methoxy groups -OCH3 is 1. The molecule has 0 atom stereocenters. The van der Waals surface area contributed by atoms with Gasteiger partial charge in [0, 0.05) is 6.54 Å². The van der Waals surface area contributed by atoms with Gasteiger partial charge in [0.05, 0.1) is 18.9 Å². The molecule has 1 saturated heterocycles. The third-order valence-electron chi connectivity index (χ3n) is 5.04. The zero-order valence-electron chi connectivity index (χ0n) is 14.4. The number of carbonyl (C=O) groups is 2. The molecule has 0 spiro atoms. The van der Waals surface area contributed by atoms with Crippen LogP contribution in [0.2, 0.25) is 0 Å². The number of carbonyl (C=O) groups excluding carboxylic acids is 1. The lowest BCUT2D eigenvalue weighted by Gasteiger charge is -2.39. The molecule has 0 saturated carbocycles. The normalized spacial score (nSPS) is 17.4. The van der Waals surface area contributed by atoms with E-state index in [1.807, 2.05) is 18.2 Å². The van der Waals surface area contributed by atoms with Crippen LogP contribution in [0.4, 0.5) is 0 Å². The van der Waals surface area contributed by atoms with Crippen LogP contribution in [-0.2, 0) is 20.7 Å².